The molecule has 0 aromatic heterocycles. The Balaban J connectivity index is 1.62. The number of sulfone groups is 1. The highest BCUT2D eigenvalue weighted by atomic mass is 79.9. The Hall–Kier alpha value is -1.77. The standard InChI is InChI=1S/C21H21BrClF2N3O4S/c22-12-1-2-17(16(23)7-12)33(31,32)13-8-14(18(29)27-20(10-26)3-4-20)15(9-13)19(30)28-6-5-21(24,25)11-28/h1-2,7,13-15H,3-6,8-9,11H2,(H,27,29)/t13-,14-,15-/m1/s1. The van der Waals surface area contributed by atoms with Crippen LogP contribution in [0.15, 0.2) is 27.6 Å². The Labute approximate surface area is 203 Å². The van der Waals surface area contributed by atoms with Gasteiger partial charge in [-0.15, -0.1) is 0 Å². The number of nitrogens with zero attached hydrogens (tertiary/aromatic N) is 2. The quantitative estimate of drug-likeness (QED) is 0.591. The molecule has 2 amide bonds. The first kappa shape index (κ1) is 24.4. The number of benzene rings is 1. The van der Waals surface area contributed by atoms with Gasteiger partial charge in [0.2, 0.25) is 11.8 Å². The summed E-state index contributed by atoms with van der Waals surface area (Å²) in [5, 5.41) is 10.8. The van der Waals surface area contributed by atoms with Crippen LogP contribution in [0.25, 0.3) is 0 Å². The molecular formula is C21H21BrClF2N3O4S. The number of hydrogen-bond donors (Lipinski definition) is 1. The molecule has 1 heterocycles. The Kier molecular flexibility index (Phi) is 6.25. The molecule has 178 valence electrons. The van der Waals surface area contributed by atoms with Gasteiger partial charge < -0.3 is 10.2 Å². The third-order valence-corrected chi connectivity index (χ3v) is 9.77. The van der Waals surface area contributed by atoms with Crippen LogP contribution in [0.5, 0.6) is 0 Å². The average Bonchev–Trinajstić information content (AvgIpc) is 3.18. The molecule has 1 N–H and O–H groups in total. The molecule has 1 aromatic rings. The second-order valence-corrected chi connectivity index (χ2v) is 12.5. The lowest BCUT2D eigenvalue weighted by atomic mass is 9.93. The normalized spacial score (nSPS) is 27.7. The summed E-state index contributed by atoms with van der Waals surface area (Å²) >= 11 is 9.38. The van der Waals surface area contributed by atoms with Gasteiger partial charge in [0.1, 0.15) is 5.54 Å². The predicted octanol–water partition coefficient (Wildman–Crippen LogP) is 3.31. The minimum atomic E-state index is -4.02. The second-order valence-electron chi connectivity index (χ2n) is 8.98. The maximum atomic E-state index is 13.7. The van der Waals surface area contributed by atoms with E-state index >= 15 is 0 Å². The van der Waals surface area contributed by atoms with Gasteiger partial charge in [0, 0.05) is 17.4 Å². The number of nitriles is 1. The zero-order chi connectivity index (χ0) is 24.2. The highest BCUT2D eigenvalue weighted by Gasteiger charge is 2.53. The van der Waals surface area contributed by atoms with Gasteiger partial charge in [-0.2, -0.15) is 5.26 Å². The van der Waals surface area contributed by atoms with Gasteiger partial charge in [0.15, 0.2) is 9.84 Å². The number of carbonyl (C=O) groups is 2. The molecule has 3 fully saturated rings. The summed E-state index contributed by atoms with van der Waals surface area (Å²) in [6.07, 6.45) is 0.108. The molecule has 2 aliphatic carbocycles. The molecule has 0 radical (unpaired) electrons. The lowest BCUT2D eigenvalue weighted by Crippen LogP contribution is -2.45. The first-order chi connectivity index (χ1) is 15.4. The van der Waals surface area contributed by atoms with Gasteiger partial charge in [-0.3, -0.25) is 9.59 Å². The summed E-state index contributed by atoms with van der Waals surface area (Å²) in [6.45, 7) is -0.913. The summed E-state index contributed by atoms with van der Waals surface area (Å²) in [6, 6.07) is 6.34. The molecule has 4 rings (SSSR count). The van der Waals surface area contributed by atoms with Crippen LogP contribution in [0.2, 0.25) is 5.02 Å². The number of alkyl halides is 2. The van der Waals surface area contributed by atoms with E-state index in [-0.39, 0.29) is 29.3 Å². The van der Waals surface area contributed by atoms with Crippen molar-refractivity contribution in [1.29, 1.82) is 5.26 Å². The van der Waals surface area contributed by atoms with Crippen molar-refractivity contribution in [2.45, 2.75) is 53.7 Å². The zero-order valence-electron chi connectivity index (χ0n) is 17.4. The van der Waals surface area contributed by atoms with Crippen molar-refractivity contribution < 1.29 is 26.8 Å². The number of rotatable bonds is 5. The van der Waals surface area contributed by atoms with E-state index < -0.39 is 63.2 Å². The number of carbonyl (C=O) groups excluding carboxylic acids is 2. The van der Waals surface area contributed by atoms with Gasteiger partial charge in [-0.1, -0.05) is 27.5 Å². The smallest absolute Gasteiger partial charge is 0.267 e. The Morgan fingerprint density at radius 1 is 1.21 bits per heavy atom. The summed E-state index contributed by atoms with van der Waals surface area (Å²) < 4.78 is 54.7. The second kappa shape index (κ2) is 8.47. The van der Waals surface area contributed by atoms with Gasteiger partial charge >= 0.3 is 0 Å². The van der Waals surface area contributed by atoms with E-state index in [0.717, 1.165) is 4.90 Å². The molecule has 3 atom stereocenters. The van der Waals surface area contributed by atoms with Crippen molar-refractivity contribution in [3.8, 4) is 6.07 Å². The molecule has 3 aliphatic rings. The molecule has 12 heteroatoms. The predicted molar refractivity (Wildman–Crippen MR) is 118 cm³/mol. The van der Waals surface area contributed by atoms with Gasteiger partial charge in [0.05, 0.1) is 39.6 Å². The van der Waals surface area contributed by atoms with Crippen LogP contribution in [0.4, 0.5) is 8.78 Å². The lowest BCUT2D eigenvalue weighted by Gasteiger charge is -2.24. The summed E-state index contributed by atoms with van der Waals surface area (Å²) in [5.41, 5.74) is -1.00. The van der Waals surface area contributed by atoms with Crippen molar-refractivity contribution >= 4 is 49.2 Å². The van der Waals surface area contributed by atoms with Crippen molar-refractivity contribution in [1.82, 2.24) is 10.2 Å². The van der Waals surface area contributed by atoms with E-state index in [9.17, 15) is 32.0 Å². The van der Waals surface area contributed by atoms with E-state index in [0.29, 0.717) is 17.3 Å². The Morgan fingerprint density at radius 2 is 1.88 bits per heavy atom. The van der Waals surface area contributed by atoms with Crippen molar-refractivity contribution in [3.63, 3.8) is 0 Å². The third kappa shape index (κ3) is 4.75. The fourth-order valence-electron chi connectivity index (χ4n) is 4.57. The first-order valence-electron chi connectivity index (χ1n) is 10.5. The molecule has 1 saturated heterocycles. The van der Waals surface area contributed by atoms with E-state index in [1.807, 2.05) is 6.07 Å². The summed E-state index contributed by atoms with van der Waals surface area (Å²) in [7, 11) is -4.02. The molecule has 1 aromatic carbocycles. The van der Waals surface area contributed by atoms with Crippen LogP contribution in [-0.4, -0.2) is 54.9 Å². The Bertz CT molecular complexity index is 1150. The topological polar surface area (TPSA) is 107 Å². The van der Waals surface area contributed by atoms with Crippen LogP contribution in [-0.2, 0) is 19.4 Å². The van der Waals surface area contributed by atoms with Crippen molar-refractivity contribution in [2.75, 3.05) is 13.1 Å². The van der Waals surface area contributed by atoms with E-state index in [1.54, 1.807) is 0 Å². The highest BCUT2D eigenvalue weighted by Crippen LogP contribution is 2.43. The Morgan fingerprint density at radius 3 is 2.42 bits per heavy atom. The van der Waals surface area contributed by atoms with E-state index in [2.05, 4.69) is 21.2 Å². The lowest BCUT2D eigenvalue weighted by molar-refractivity contribution is -0.141. The molecular weight excluding hydrogens is 544 g/mol. The summed E-state index contributed by atoms with van der Waals surface area (Å²) in [5.74, 6) is -6.40. The average molecular weight is 565 g/mol. The largest absolute Gasteiger partial charge is 0.338 e. The van der Waals surface area contributed by atoms with Gasteiger partial charge in [-0.25, -0.2) is 17.2 Å². The van der Waals surface area contributed by atoms with Crippen LogP contribution in [0.3, 0.4) is 0 Å². The molecule has 0 bridgehead atoms. The fourth-order valence-corrected chi connectivity index (χ4v) is 7.43. The first-order valence-corrected chi connectivity index (χ1v) is 13.2. The van der Waals surface area contributed by atoms with Crippen LogP contribution in [0.1, 0.15) is 32.1 Å². The monoisotopic (exact) mass is 563 g/mol. The number of hydrogen-bond acceptors (Lipinski definition) is 5. The molecule has 7 nitrogen and oxygen atoms in total. The molecule has 1 aliphatic heterocycles. The maximum Gasteiger partial charge on any atom is 0.267 e. The number of likely N-dealkylation sites (tertiary alicyclic amines) is 1. The molecule has 0 spiro atoms. The minimum absolute atomic E-state index is 0.000696. The number of amides is 2. The van der Waals surface area contributed by atoms with Gasteiger partial charge in [0.25, 0.3) is 5.92 Å². The fraction of sp³-hybridized carbons (Fsp3) is 0.571. The van der Waals surface area contributed by atoms with Crippen LogP contribution >= 0.6 is 27.5 Å². The molecule has 2 saturated carbocycles. The van der Waals surface area contributed by atoms with Crippen LogP contribution < -0.4 is 5.32 Å². The van der Waals surface area contributed by atoms with E-state index in [1.165, 1.54) is 18.2 Å². The minimum Gasteiger partial charge on any atom is -0.338 e. The van der Waals surface area contributed by atoms with Crippen molar-refractivity contribution in [3.05, 3.63) is 27.7 Å². The zero-order valence-corrected chi connectivity index (χ0v) is 20.5. The third-order valence-electron chi connectivity index (χ3n) is 6.62. The number of nitrogens with one attached hydrogen (secondary N) is 1. The highest BCUT2D eigenvalue weighted by molar-refractivity contribution is 9.10. The molecule has 0 unspecified atom stereocenters. The van der Waals surface area contributed by atoms with Gasteiger partial charge in [-0.05, 0) is 43.9 Å². The SMILES string of the molecule is N#CC1(NC(=O)[C@@H]2C[C@@H](S(=O)(=O)c3ccc(Br)cc3Cl)C[C@H]2C(=O)N2CCC(F)(F)C2)CC1. The molecule has 33 heavy (non-hydrogen) atoms. The van der Waals surface area contributed by atoms with E-state index in [4.69, 9.17) is 11.6 Å². The van der Waals surface area contributed by atoms with Crippen LogP contribution in [0, 0.1) is 23.2 Å². The van der Waals surface area contributed by atoms with Crippen molar-refractivity contribution in [2.24, 2.45) is 11.8 Å². The number of halogens is 4. The summed E-state index contributed by atoms with van der Waals surface area (Å²) in [4.78, 5) is 27.1. The maximum absolute atomic E-state index is 13.7.